The Kier molecular flexibility index (Phi) is 4.31. The molecule has 1 amide bonds. The lowest BCUT2D eigenvalue weighted by Crippen LogP contribution is -2.27. The van der Waals surface area contributed by atoms with Crippen LogP contribution in [-0.2, 0) is 4.79 Å². The Labute approximate surface area is 118 Å². The van der Waals surface area contributed by atoms with E-state index in [1.165, 1.54) is 0 Å². The van der Waals surface area contributed by atoms with Crippen LogP contribution in [-0.4, -0.2) is 28.5 Å². The average molecular weight is 278 g/mol. The number of anilines is 1. The normalized spacial score (nSPS) is 13.9. The minimum Gasteiger partial charge on any atom is -0.389 e. The Morgan fingerprint density at radius 3 is 2.89 bits per heavy atom. The average Bonchev–Trinajstić information content (AvgIpc) is 3.12. The summed E-state index contributed by atoms with van der Waals surface area (Å²) in [6, 6.07) is 4.05. The van der Waals surface area contributed by atoms with Crippen LogP contribution >= 0.6 is 12.2 Å². The number of hydrogen-bond donors (Lipinski definition) is 3. The summed E-state index contributed by atoms with van der Waals surface area (Å²) >= 11 is 4.95. The summed E-state index contributed by atoms with van der Waals surface area (Å²) in [4.78, 5) is 16.2. The second-order valence-corrected chi connectivity index (χ2v) is 5.21. The molecule has 0 saturated heterocycles. The zero-order valence-corrected chi connectivity index (χ0v) is 11.7. The SMILES string of the molecule is Cc1cc(C(N)=S)cc(NCCC(=O)NC2CC2)n1. The molecule has 102 valence electrons. The standard InChI is InChI=1S/C13H18N4OS/c1-8-6-9(13(14)19)7-11(16-8)15-5-4-12(18)17-10-2-3-10/h6-7,10H,2-5H2,1H3,(H2,14,19)(H,15,16)(H,17,18). The molecule has 6 heteroatoms. The predicted octanol–water partition coefficient (Wildman–Crippen LogP) is 1.10. The van der Waals surface area contributed by atoms with Gasteiger partial charge in [0.1, 0.15) is 10.8 Å². The van der Waals surface area contributed by atoms with E-state index in [4.69, 9.17) is 18.0 Å². The zero-order chi connectivity index (χ0) is 13.8. The molecule has 0 aromatic carbocycles. The molecular weight excluding hydrogens is 260 g/mol. The smallest absolute Gasteiger partial charge is 0.221 e. The number of aryl methyl sites for hydroxylation is 1. The minimum absolute atomic E-state index is 0.0808. The highest BCUT2D eigenvalue weighted by Gasteiger charge is 2.22. The molecule has 1 aromatic heterocycles. The van der Waals surface area contributed by atoms with E-state index < -0.39 is 0 Å². The molecule has 0 spiro atoms. The number of rotatable bonds is 6. The second kappa shape index (κ2) is 5.97. The Bertz CT molecular complexity index is 499. The molecule has 1 fully saturated rings. The molecule has 0 atom stereocenters. The fourth-order valence-corrected chi connectivity index (χ4v) is 1.85. The lowest BCUT2D eigenvalue weighted by Gasteiger charge is -2.08. The lowest BCUT2D eigenvalue weighted by molar-refractivity contribution is -0.120. The van der Waals surface area contributed by atoms with Gasteiger partial charge in [0.2, 0.25) is 5.91 Å². The Morgan fingerprint density at radius 1 is 1.53 bits per heavy atom. The third-order valence-electron chi connectivity index (χ3n) is 2.84. The molecule has 2 rings (SSSR count). The molecule has 1 aliphatic rings. The fourth-order valence-electron chi connectivity index (χ4n) is 1.73. The molecule has 0 bridgehead atoms. The maximum Gasteiger partial charge on any atom is 0.221 e. The van der Waals surface area contributed by atoms with E-state index in [1.807, 2.05) is 13.0 Å². The van der Waals surface area contributed by atoms with E-state index in [2.05, 4.69) is 15.6 Å². The largest absolute Gasteiger partial charge is 0.389 e. The summed E-state index contributed by atoms with van der Waals surface area (Å²) in [6.45, 7) is 2.43. The van der Waals surface area contributed by atoms with Crippen LogP contribution in [0.15, 0.2) is 12.1 Å². The Hall–Kier alpha value is -1.69. The van der Waals surface area contributed by atoms with Gasteiger partial charge in [-0.3, -0.25) is 4.79 Å². The van der Waals surface area contributed by atoms with Crippen LogP contribution in [0.4, 0.5) is 5.82 Å². The van der Waals surface area contributed by atoms with Crippen molar-refractivity contribution in [2.24, 2.45) is 5.73 Å². The number of nitrogens with one attached hydrogen (secondary N) is 2. The first kappa shape index (κ1) is 13.7. The molecule has 1 aliphatic carbocycles. The number of carbonyl (C=O) groups excluding carboxylic acids is 1. The second-order valence-electron chi connectivity index (χ2n) is 4.77. The first-order valence-electron chi connectivity index (χ1n) is 6.36. The van der Waals surface area contributed by atoms with Crippen molar-refractivity contribution in [2.75, 3.05) is 11.9 Å². The maximum atomic E-state index is 11.5. The molecule has 0 radical (unpaired) electrons. The zero-order valence-electron chi connectivity index (χ0n) is 10.9. The third kappa shape index (κ3) is 4.48. The first-order valence-corrected chi connectivity index (χ1v) is 6.77. The van der Waals surface area contributed by atoms with Crippen LogP contribution in [0.3, 0.4) is 0 Å². The number of nitrogens with zero attached hydrogens (tertiary/aromatic N) is 1. The van der Waals surface area contributed by atoms with E-state index in [0.717, 1.165) is 24.1 Å². The third-order valence-corrected chi connectivity index (χ3v) is 3.07. The van der Waals surface area contributed by atoms with Crippen LogP contribution in [0.2, 0.25) is 0 Å². The molecule has 1 saturated carbocycles. The van der Waals surface area contributed by atoms with Crippen molar-refractivity contribution < 1.29 is 4.79 Å². The first-order chi connectivity index (χ1) is 9.04. The van der Waals surface area contributed by atoms with Gasteiger partial charge >= 0.3 is 0 Å². The number of amides is 1. The monoisotopic (exact) mass is 278 g/mol. The highest BCUT2D eigenvalue weighted by atomic mass is 32.1. The summed E-state index contributed by atoms with van der Waals surface area (Å²) in [5.41, 5.74) is 7.23. The van der Waals surface area contributed by atoms with Crippen LogP contribution < -0.4 is 16.4 Å². The van der Waals surface area contributed by atoms with Crippen LogP contribution in [0.1, 0.15) is 30.5 Å². The molecule has 5 nitrogen and oxygen atoms in total. The van der Waals surface area contributed by atoms with Crippen LogP contribution in [0, 0.1) is 6.92 Å². The Morgan fingerprint density at radius 2 is 2.26 bits per heavy atom. The van der Waals surface area contributed by atoms with E-state index in [1.54, 1.807) is 6.07 Å². The van der Waals surface area contributed by atoms with Crippen LogP contribution in [0.25, 0.3) is 0 Å². The van der Waals surface area contributed by atoms with E-state index in [0.29, 0.717) is 29.8 Å². The van der Waals surface area contributed by atoms with Crippen LogP contribution in [0.5, 0.6) is 0 Å². The lowest BCUT2D eigenvalue weighted by atomic mass is 10.2. The summed E-state index contributed by atoms with van der Waals surface area (Å²) in [5, 5.41) is 6.06. The number of pyridine rings is 1. The van der Waals surface area contributed by atoms with Gasteiger partial charge in [-0.1, -0.05) is 12.2 Å². The van der Waals surface area contributed by atoms with Crippen molar-refractivity contribution in [3.8, 4) is 0 Å². The van der Waals surface area contributed by atoms with Crippen molar-refractivity contribution in [1.82, 2.24) is 10.3 Å². The highest BCUT2D eigenvalue weighted by Crippen LogP contribution is 2.18. The number of thiocarbonyl (C=S) groups is 1. The van der Waals surface area contributed by atoms with Crippen molar-refractivity contribution >= 4 is 28.9 Å². The van der Waals surface area contributed by atoms with Crippen molar-refractivity contribution in [2.45, 2.75) is 32.2 Å². The van der Waals surface area contributed by atoms with Gasteiger partial charge in [0.25, 0.3) is 0 Å². The fraction of sp³-hybridized carbons (Fsp3) is 0.462. The molecule has 4 N–H and O–H groups in total. The van der Waals surface area contributed by atoms with Gasteiger partial charge in [0.15, 0.2) is 0 Å². The number of carbonyl (C=O) groups is 1. The summed E-state index contributed by atoms with van der Waals surface area (Å²) in [6.07, 6.45) is 2.65. The minimum atomic E-state index is 0.0808. The van der Waals surface area contributed by atoms with Crippen molar-refractivity contribution in [1.29, 1.82) is 0 Å². The van der Waals surface area contributed by atoms with E-state index >= 15 is 0 Å². The van der Waals surface area contributed by atoms with Gasteiger partial charge in [0, 0.05) is 30.3 Å². The quantitative estimate of drug-likeness (QED) is 0.679. The molecule has 0 unspecified atom stereocenters. The van der Waals surface area contributed by atoms with Gasteiger partial charge < -0.3 is 16.4 Å². The van der Waals surface area contributed by atoms with Gasteiger partial charge in [0.05, 0.1) is 0 Å². The van der Waals surface area contributed by atoms with E-state index in [-0.39, 0.29) is 5.91 Å². The number of nitrogens with two attached hydrogens (primary N) is 1. The predicted molar refractivity (Wildman–Crippen MR) is 79.1 cm³/mol. The number of aromatic nitrogens is 1. The highest BCUT2D eigenvalue weighted by molar-refractivity contribution is 7.80. The van der Waals surface area contributed by atoms with Gasteiger partial charge in [-0.15, -0.1) is 0 Å². The summed E-state index contributed by atoms with van der Waals surface area (Å²) < 4.78 is 0. The van der Waals surface area contributed by atoms with Crippen molar-refractivity contribution in [3.63, 3.8) is 0 Å². The van der Waals surface area contributed by atoms with Gasteiger partial charge in [-0.25, -0.2) is 4.98 Å². The molecule has 1 heterocycles. The van der Waals surface area contributed by atoms with Gasteiger partial charge in [-0.2, -0.15) is 0 Å². The van der Waals surface area contributed by atoms with Crippen molar-refractivity contribution in [3.05, 3.63) is 23.4 Å². The van der Waals surface area contributed by atoms with E-state index in [9.17, 15) is 4.79 Å². The van der Waals surface area contributed by atoms with Gasteiger partial charge in [-0.05, 0) is 31.9 Å². The number of hydrogen-bond acceptors (Lipinski definition) is 4. The maximum absolute atomic E-state index is 11.5. The molecule has 1 aromatic rings. The summed E-state index contributed by atoms with van der Waals surface area (Å²) in [7, 11) is 0. The molecule has 0 aliphatic heterocycles. The summed E-state index contributed by atoms with van der Waals surface area (Å²) in [5.74, 6) is 0.777. The Balaban J connectivity index is 1.84. The molecule has 19 heavy (non-hydrogen) atoms. The topological polar surface area (TPSA) is 80.0 Å². The molecular formula is C13H18N4OS.